The fourth-order valence-corrected chi connectivity index (χ4v) is 2.03. The lowest BCUT2D eigenvalue weighted by Crippen LogP contribution is -2.39. The van der Waals surface area contributed by atoms with E-state index in [2.05, 4.69) is 53.4 Å². The van der Waals surface area contributed by atoms with Gasteiger partial charge in [-0.15, -0.1) is 24.0 Å². The fraction of sp³-hybridized carbons (Fsp3) is 0.562. The maximum Gasteiger partial charge on any atom is 0.193 e. The van der Waals surface area contributed by atoms with Crippen molar-refractivity contribution in [3.63, 3.8) is 0 Å². The molecule has 0 bridgehead atoms. The first-order chi connectivity index (χ1) is 9.71. The summed E-state index contributed by atoms with van der Waals surface area (Å²) < 4.78 is 5.04. The van der Waals surface area contributed by atoms with Crippen molar-refractivity contribution < 1.29 is 4.74 Å². The highest BCUT2D eigenvalue weighted by Crippen LogP contribution is 2.07. The van der Waals surface area contributed by atoms with Crippen molar-refractivity contribution in [1.29, 1.82) is 0 Å². The van der Waals surface area contributed by atoms with E-state index in [0.29, 0.717) is 0 Å². The van der Waals surface area contributed by atoms with E-state index in [1.807, 2.05) is 7.05 Å². The molecule has 0 radical (unpaired) electrons. The molecule has 1 rings (SSSR count). The summed E-state index contributed by atoms with van der Waals surface area (Å²) in [6.45, 7) is 4.67. The highest BCUT2D eigenvalue weighted by Gasteiger charge is 2.05. The Hall–Kier alpha value is -0.820. The first-order valence-electron chi connectivity index (χ1n) is 7.19. The second kappa shape index (κ2) is 11.8. The minimum absolute atomic E-state index is 0. The molecule has 0 aliphatic rings. The molecule has 0 unspecified atom stereocenters. The molecule has 5 heteroatoms. The Morgan fingerprint density at radius 2 is 1.86 bits per heavy atom. The van der Waals surface area contributed by atoms with Gasteiger partial charge in [0.05, 0.1) is 0 Å². The molecule has 1 aromatic carbocycles. The predicted molar refractivity (Wildman–Crippen MR) is 101 cm³/mol. The van der Waals surface area contributed by atoms with E-state index < -0.39 is 0 Å². The Kier molecular flexibility index (Phi) is 11.3. The zero-order chi connectivity index (χ0) is 14.8. The van der Waals surface area contributed by atoms with Crippen LogP contribution in [0.2, 0.25) is 0 Å². The number of aliphatic imine (C=N–C) groups is 1. The second-order valence-corrected chi connectivity index (χ2v) is 4.85. The van der Waals surface area contributed by atoms with Crippen molar-refractivity contribution in [3.8, 4) is 0 Å². The lowest BCUT2D eigenvalue weighted by molar-refractivity contribution is 0.195. The number of ether oxygens (including phenoxy) is 1. The number of rotatable bonds is 7. The van der Waals surface area contributed by atoms with Gasteiger partial charge in [0.2, 0.25) is 0 Å². The Bertz CT molecular complexity index is 406. The van der Waals surface area contributed by atoms with Crippen LogP contribution in [-0.2, 0) is 17.7 Å². The molecule has 0 aliphatic carbocycles. The van der Waals surface area contributed by atoms with E-state index in [9.17, 15) is 0 Å². The van der Waals surface area contributed by atoms with Crippen molar-refractivity contribution in [2.75, 3.05) is 34.4 Å². The smallest absolute Gasteiger partial charge is 0.193 e. The van der Waals surface area contributed by atoms with E-state index in [4.69, 9.17) is 4.74 Å². The number of nitrogens with one attached hydrogen (secondary N) is 1. The highest BCUT2D eigenvalue weighted by atomic mass is 127. The average Bonchev–Trinajstić information content (AvgIpc) is 2.48. The third kappa shape index (κ3) is 7.66. The van der Waals surface area contributed by atoms with Gasteiger partial charge in [-0.05, 0) is 24.0 Å². The van der Waals surface area contributed by atoms with Crippen LogP contribution in [0.1, 0.15) is 24.5 Å². The van der Waals surface area contributed by atoms with Gasteiger partial charge in [-0.1, -0.05) is 31.2 Å². The summed E-state index contributed by atoms with van der Waals surface area (Å²) in [6.07, 6.45) is 2.06. The van der Waals surface area contributed by atoms with Crippen LogP contribution in [-0.4, -0.2) is 45.2 Å². The van der Waals surface area contributed by atoms with Crippen molar-refractivity contribution in [2.24, 2.45) is 4.99 Å². The van der Waals surface area contributed by atoms with Crippen LogP contribution < -0.4 is 5.32 Å². The zero-order valence-electron chi connectivity index (χ0n) is 13.6. The summed E-state index contributed by atoms with van der Waals surface area (Å²) in [4.78, 5) is 6.44. The lowest BCUT2D eigenvalue weighted by Gasteiger charge is -2.22. The zero-order valence-corrected chi connectivity index (χ0v) is 15.9. The van der Waals surface area contributed by atoms with Crippen LogP contribution in [0, 0.1) is 0 Å². The quantitative estimate of drug-likeness (QED) is 0.328. The number of hydrogen-bond acceptors (Lipinski definition) is 2. The third-order valence-corrected chi connectivity index (χ3v) is 3.23. The molecule has 0 atom stereocenters. The molecule has 0 saturated carbocycles. The van der Waals surface area contributed by atoms with Crippen LogP contribution in [0.25, 0.3) is 0 Å². The minimum atomic E-state index is 0. The standard InChI is InChI=1S/C16H27N3O.HI/c1-5-14-7-9-15(10-8-14)13-19(3)16(17-2)18-11-6-12-20-4;/h7-10H,5-6,11-13H2,1-4H3,(H,17,18);1H. The molecule has 0 fully saturated rings. The molecular formula is C16H28IN3O. The lowest BCUT2D eigenvalue weighted by atomic mass is 10.1. The van der Waals surface area contributed by atoms with Gasteiger partial charge in [0, 0.05) is 40.9 Å². The number of hydrogen-bond donors (Lipinski definition) is 1. The van der Waals surface area contributed by atoms with Crippen molar-refractivity contribution in [2.45, 2.75) is 26.3 Å². The topological polar surface area (TPSA) is 36.9 Å². The molecule has 0 aromatic heterocycles. The average molecular weight is 405 g/mol. The van der Waals surface area contributed by atoms with E-state index >= 15 is 0 Å². The van der Waals surface area contributed by atoms with Crippen LogP contribution in [0.3, 0.4) is 0 Å². The van der Waals surface area contributed by atoms with Crippen molar-refractivity contribution in [1.82, 2.24) is 10.2 Å². The van der Waals surface area contributed by atoms with Gasteiger partial charge < -0.3 is 15.0 Å². The molecule has 0 heterocycles. The second-order valence-electron chi connectivity index (χ2n) is 4.85. The van der Waals surface area contributed by atoms with E-state index in [0.717, 1.165) is 38.5 Å². The Morgan fingerprint density at radius 1 is 1.24 bits per heavy atom. The molecule has 0 aliphatic heterocycles. The molecule has 21 heavy (non-hydrogen) atoms. The van der Waals surface area contributed by atoms with Crippen LogP contribution in [0.5, 0.6) is 0 Å². The monoisotopic (exact) mass is 405 g/mol. The van der Waals surface area contributed by atoms with Gasteiger partial charge in [-0.25, -0.2) is 0 Å². The van der Waals surface area contributed by atoms with Crippen LogP contribution in [0.4, 0.5) is 0 Å². The number of aryl methyl sites for hydroxylation is 1. The molecule has 120 valence electrons. The SMILES string of the molecule is CCc1ccc(CN(C)C(=NC)NCCCOC)cc1.I. The molecule has 4 nitrogen and oxygen atoms in total. The fourth-order valence-electron chi connectivity index (χ4n) is 2.03. The number of guanidine groups is 1. The molecule has 0 amide bonds. The van der Waals surface area contributed by atoms with Crippen molar-refractivity contribution in [3.05, 3.63) is 35.4 Å². The maximum atomic E-state index is 5.04. The van der Waals surface area contributed by atoms with Gasteiger partial charge in [-0.2, -0.15) is 0 Å². The van der Waals surface area contributed by atoms with Gasteiger partial charge in [-0.3, -0.25) is 4.99 Å². The van der Waals surface area contributed by atoms with E-state index in [-0.39, 0.29) is 24.0 Å². The van der Waals surface area contributed by atoms with Crippen LogP contribution in [0.15, 0.2) is 29.3 Å². The molecule has 1 aromatic rings. The number of nitrogens with zero attached hydrogens (tertiary/aromatic N) is 2. The third-order valence-electron chi connectivity index (χ3n) is 3.23. The largest absolute Gasteiger partial charge is 0.385 e. The Balaban J connectivity index is 0.00000400. The number of benzene rings is 1. The normalized spacial score (nSPS) is 11.0. The minimum Gasteiger partial charge on any atom is -0.385 e. The molecule has 0 spiro atoms. The maximum absolute atomic E-state index is 5.04. The number of methoxy groups -OCH3 is 1. The first-order valence-corrected chi connectivity index (χ1v) is 7.19. The highest BCUT2D eigenvalue weighted by molar-refractivity contribution is 14.0. The summed E-state index contributed by atoms with van der Waals surface area (Å²) in [7, 11) is 5.59. The summed E-state index contributed by atoms with van der Waals surface area (Å²) in [6, 6.07) is 8.76. The van der Waals surface area contributed by atoms with Gasteiger partial charge in [0.1, 0.15) is 0 Å². The Labute approximate surface area is 146 Å². The first kappa shape index (κ1) is 20.2. The van der Waals surface area contributed by atoms with Crippen LogP contribution >= 0.6 is 24.0 Å². The Morgan fingerprint density at radius 3 is 2.38 bits per heavy atom. The summed E-state index contributed by atoms with van der Waals surface area (Å²) in [5.74, 6) is 0.917. The number of halogens is 1. The van der Waals surface area contributed by atoms with E-state index in [1.165, 1.54) is 11.1 Å². The van der Waals surface area contributed by atoms with Crippen molar-refractivity contribution >= 4 is 29.9 Å². The van der Waals surface area contributed by atoms with Gasteiger partial charge in [0.15, 0.2) is 5.96 Å². The van der Waals surface area contributed by atoms with Gasteiger partial charge in [0.25, 0.3) is 0 Å². The predicted octanol–water partition coefficient (Wildman–Crippen LogP) is 2.91. The van der Waals surface area contributed by atoms with E-state index in [1.54, 1.807) is 7.11 Å². The molecule has 0 saturated heterocycles. The summed E-state index contributed by atoms with van der Waals surface area (Å²) in [5, 5.41) is 3.34. The summed E-state index contributed by atoms with van der Waals surface area (Å²) in [5.41, 5.74) is 2.67. The van der Waals surface area contributed by atoms with Gasteiger partial charge >= 0.3 is 0 Å². The molecular weight excluding hydrogens is 377 g/mol. The molecule has 1 N–H and O–H groups in total. The summed E-state index contributed by atoms with van der Waals surface area (Å²) >= 11 is 0.